The van der Waals surface area contributed by atoms with Gasteiger partial charge in [0.1, 0.15) is 0 Å². The number of hydrogen-bond donors (Lipinski definition) is 0. The number of aromatic nitrogens is 5. The van der Waals surface area contributed by atoms with Crippen LogP contribution in [0.1, 0.15) is 32.6 Å². The number of fused-ring (bicyclic) bond motifs is 1. The van der Waals surface area contributed by atoms with Gasteiger partial charge in [-0.25, -0.2) is 4.98 Å². The van der Waals surface area contributed by atoms with Gasteiger partial charge in [0.25, 0.3) is 0 Å². The van der Waals surface area contributed by atoms with Crippen LogP contribution in [0.3, 0.4) is 0 Å². The summed E-state index contributed by atoms with van der Waals surface area (Å²) in [5.74, 6) is -0.0706. The molecule has 3 heterocycles. The van der Waals surface area contributed by atoms with Gasteiger partial charge in [-0.15, -0.1) is 10.2 Å². The maximum atomic E-state index is 14.1. The Kier molecular flexibility index (Phi) is 4.88. The summed E-state index contributed by atoms with van der Waals surface area (Å²) >= 11 is 0. The number of pyridine rings is 1. The largest absolute Gasteiger partial charge is 0.480 e. The van der Waals surface area contributed by atoms with Crippen molar-refractivity contribution < 1.29 is 9.13 Å². The van der Waals surface area contributed by atoms with Crippen LogP contribution < -0.4 is 4.74 Å². The minimum absolute atomic E-state index is 0.297. The number of rotatable bonds is 5. The molecule has 1 saturated carbocycles. The third-order valence-electron chi connectivity index (χ3n) is 6.21. The molecule has 4 aromatic rings. The molecule has 6 nitrogen and oxygen atoms in total. The van der Waals surface area contributed by atoms with Crippen LogP contribution in [-0.4, -0.2) is 32.1 Å². The normalized spacial score (nSPS) is 15.5. The Hall–Kier alpha value is -3.35. The highest BCUT2D eigenvalue weighted by Gasteiger charge is 2.29. The number of methoxy groups -OCH3 is 1. The molecule has 1 aliphatic rings. The van der Waals surface area contributed by atoms with E-state index in [1.807, 2.05) is 41.3 Å². The van der Waals surface area contributed by atoms with E-state index in [4.69, 9.17) is 4.74 Å². The van der Waals surface area contributed by atoms with Crippen molar-refractivity contribution in [3.63, 3.8) is 0 Å². The molecule has 31 heavy (non-hydrogen) atoms. The number of halogens is 1. The Balaban J connectivity index is 1.53. The van der Waals surface area contributed by atoms with Gasteiger partial charge in [0.05, 0.1) is 24.5 Å². The molecule has 0 unspecified atom stereocenters. The van der Waals surface area contributed by atoms with Gasteiger partial charge in [-0.05, 0) is 36.5 Å². The average molecular weight is 417 g/mol. The zero-order valence-corrected chi connectivity index (χ0v) is 17.7. The number of hydrogen-bond acceptors (Lipinski definition) is 5. The van der Waals surface area contributed by atoms with Crippen LogP contribution in [0, 0.1) is 11.4 Å². The summed E-state index contributed by atoms with van der Waals surface area (Å²) in [6, 6.07) is 10.7. The Morgan fingerprint density at radius 3 is 2.71 bits per heavy atom. The summed E-state index contributed by atoms with van der Waals surface area (Å²) in [5.41, 5.74) is 4.09. The molecule has 0 N–H and O–H groups in total. The van der Waals surface area contributed by atoms with Gasteiger partial charge in [0.15, 0.2) is 0 Å². The second-order valence-electron chi connectivity index (χ2n) is 8.63. The third kappa shape index (κ3) is 3.87. The van der Waals surface area contributed by atoms with Crippen LogP contribution in [0.4, 0.5) is 4.39 Å². The zero-order valence-electron chi connectivity index (χ0n) is 17.7. The van der Waals surface area contributed by atoms with E-state index in [2.05, 4.69) is 27.2 Å². The first-order valence-electron chi connectivity index (χ1n) is 10.5. The lowest BCUT2D eigenvalue weighted by molar-refractivity contribution is 0.268. The van der Waals surface area contributed by atoms with Gasteiger partial charge in [0.2, 0.25) is 11.8 Å². The van der Waals surface area contributed by atoms with Crippen molar-refractivity contribution in [1.29, 1.82) is 0 Å². The molecule has 5 rings (SSSR count). The van der Waals surface area contributed by atoms with E-state index in [1.54, 1.807) is 13.2 Å². The molecular weight excluding hydrogens is 393 g/mol. The van der Waals surface area contributed by atoms with Crippen LogP contribution in [0.15, 0.2) is 48.8 Å². The lowest BCUT2D eigenvalue weighted by atomic mass is 9.89. The van der Waals surface area contributed by atoms with E-state index < -0.39 is 5.95 Å². The maximum absolute atomic E-state index is 14.1. The number of benzene rings is 1. The molecule has 0 saturated heterocycles. The third-order valence-corrected chi connectivity index (χ3v) is 6.21. The highest BCUT2D eigenvalue weighted by atomic mass is 19.1. The molecule has 0 spiro atoms. The molecule has 0 atom stereocenters. The van der Waals surface area contributed by atoms with Crippen molar-refractivity contribution in [2.24, 2.45) is 5.41 Å². The van der Waals surface area contributed by atoms with Gasteiger partial charge >= 0.3 is 0 Å². The molecule has 1 aliphatic carbocycles. The minimum atomic E-state index is -0.523. The van der Waals surface area contributed by atoms with Crippen molar-refractivity contribution in [3.8, 4) is 28.3 Å². The molecular formula is C24H24FN5O. The van der Waals surface area contributed by atoms with Gasteiger partial charge < -0.3 is 4.74 Å². The topological polar surface area (TPSA) is 65.7 Å². The molecule has 158 valence electrons. The van der Waals surface area contributed by atoms with E-state index in [0.717, 1.165) is 28.6 Å². The quantitative estimate of drug-likeness (QED) is 0.413. The first-order valence-corrected chi connectivity index (χ1v) is 10.5. The number of nitrogens with zero attached hydrogens (tertiary/aromatic N) is 5. The van der Waals surface area contributed by atoms with E-state index in [1.165, 1.54) is 31.7 Å². The lowest BCUT2D eigenvalue weighted by Crippen LogP contribution is -2.19. The lowest BCUT2D eigenvalue weighted by Gasteiger charge is -2.22. The summed E-state index contributed by atoms with van der Waals surface area (Å²) in [7, 11) is 1.56. The number of ether oxygens (including phenoxy) is 1. The van der Waals surface area contributed by atoms with Crippen molar-refractivity contribution in [2.45, 2.75) is 39.2 Å². The molecule has 1 fully saturated rings. The van der Waals surface area contributed by atoms with Crippen LogP contribution in [0.25, 0.3) is 33.3 Å². The Labute approximate surface area is 180 Å². The molecule has 0 amide bonds. The van der Waals surface area contributed by atoms with Crippen LogP contribution in [0.2, 0.25) is 0 Å². The molecule has 0 bridgehead atoms. The van der Waals surface area contributed by atoms with Gasteiger partial charge in [-0.1, -0.05) is 31.9 Å². The second kappa shape index (κ2) is 7.72. The van der Waals surface area contributed by atoms with Gasteiger partial charge in [0, 0.05) is 40.9 Å². The van der Waals surface area contributed by atoms with Crippen molar-refractivity contribution in [2.75, 3.05) is 7.11 Å². The summed E-state index contributed by atoms with van der Waals surface area (Å²) in [6.45, 7) is 3.22. The van der Waals surface area contributed by atoms with E-state index in [-0.39, 0.29) is 0 Å². The van der Waals surface area contributed by atoms with Crippen molar-refractivity contribution in [1.82, 2.24) is 25.0 Å². The monoisotopic (exact) mass is 417 g/mol. The molecule has 0 radical (unpaired) electrons. The van der Waals surface area contributed by atoms with Crippen LogP contribution in [0.5, 0.6) is 5.88 Å². The zero-order chi connectivity index (χ0) is 21.4. The van der Waals surface area contributed by atoms with Crippen molar-refractivity contribution >= 4 is 10.9 Å². The second-order valence-corrected chi connectivity index (χ2v) is 8.63. The first kappa shape index (κ1) is 19.6. The fourth-order valence-electron chi connectivity index (χ4n) is 4.52. The molecule has 1 aromatic carbocycles. The van der Waals surface area contributed by atoms with Crippen molar-refractivity contribution in [3.05, 3.63) is 54.7 Å². The smallest absolute Gasteiger partial charge is 0.233 e. The predicted octanol–water partition coefficient (Wildman–Crippen LogP) is 5.28. The van der Waals surface area contributed by atoms with E-state index in [0.29, 0.717) is 22.5 Å². The van der Waals surface area contributed by atoms with Crippen LogP contribution in [-0.2, 0) is 6.54 Å². The minimum Gasteiger partial charge on any atom is -0.480 e. The Bertz CT molecular complexity index is 1250. The molecule has 0 aliphatic heterocycles. The average Bonchev–Trinajstić information content (AvgIpc) is 3.42. The summed E-state index contributed by atoms with van der Waals surface area (Å²) in [6.07, 6.45) is 8.90. The maximum Gasteiger partial charge on any atom is 0.233 e. The highest BCUT2D eigenvalue weighted by molar-refractivity contribution is 5.87. The predicted molar refractivity (Wildman–Crippen MR) is 117 cm³/mol. The summed E-state index contributed by atoms with van der Waals surface area (Å²) in [5, 5.41) is 13.7. The van der Waals surface area contributed by atoms with Crippen LogP contribution >= 0.6 is 0 Å². The summed E-state index contributed by atoms with van der Waals surface area (Å²) in [4.78, 5) is 4.21. The SMILES string of the molecule is COc1cc2ccc(-c3nc(F)ccc3-c3cnn(CC4(C)CCCC4)c3)cc2nn1. The van der Waals surface area contributed by atoms with Gasteiger partial charge in [-0.2, -0.15) is 9.49 Å². The van der Waals surface area contributed by atoms with E-state index in [9.17, 15) is 4.39 Å². The summed E-state index contributed by atoms with van der Waals surface area (Å²) < 4.78 is 21.3. The van der Waals surface area contributed by atoms with E-state index >= 15 is 0 Å². The molecule has 3 aromatic heterocycles. The molecule has 7 heteroatoms. The Morgan fingerprint density at radius 2 is 1.90 bits per heavy atom. The fraction of sp³-hybridized carbons (Fsp3) is 0.333. The fourth-order valence-corrected chi connectivity index (χ4v) is 4.52. The highest BCUT2D eigenvalue weighted by Crippen LogP contribution is 2.39. The first-order chi connectivity index (χ1) is 15.0. The Morgan fingerprint density at radius 1 is 1.06 bits per heavy atom. The van der Waals surface area contributed by atoms with Gasteiger partial charge in [-0.3, -0.25) is 4.68 Å². The standard InChI is InChI=1S/C24H24FN5O/c1-24(9-3-4-10-24)15-30-14-18(13-26-30)19-7-8-21(25)27-23(19)17-6-5-16-12-22(31-2)29-28-20(16)11-17/h5-8,11-14H,3-4,9-10,15H2,1-2H3.